The topological polar surface area (TPSA) is 33.4 Å². The van der Waals surface area contributed by atoms with Crippen LogP contribution in [0.4, 0.5) is 0 Å². The van der Waals surface area contributed by atoms with Crippen LogP contribution in [0.3, 0.4) is 0 Å². The summed E-state index contributed by atoms with van der Waals surface area (Å²) in [6.07, 6.45) is 6.95. The van der Waals surface area contributed by atoms with Crippen LogP contribution in [0.5, 0.6) is 0 Å². The van der Waals surface area contributed by atoms with Crippen molar-refractivity contribution in [1.29, 1.82) is 0 Å². The summed E-state index contributed by atoms with van der Waals surface area (Å²) in [6, 6.07) is 1.98. The monoisotopic (exact) mass is 180 g/mol. The number of aliphatic hydroxyl groups excluding tert-OH is 1. The molecule has 1 N–H and O–H groups in total. The van der Waals surface area contributed by atoms with Gasteiger partial charge in [-0.2, -0.15) is 0 Å². The molecular formula is C11H16O2. The Morgan fingerprint density at radius 3 is 2.85 bits per heavy atom. The van der Waals surface area contributed by atoms with E-state index in [-0.39, 0.29) is 12.0 Å². The van der Waals surface area contributed by atoms with E-state index in [9.17, 15) is 5.11 Å². The van der Waals surface area contributed by atoms with Crippen molar-refractivity contribution in [2.75, 3.05) is 6.61 Å². The Balaban J connectivity index is 2.05. The van der Waals surface area contributed by atoms with Crippen molar-refractivity contribution < 1.29 is 9.52 Å². The van der Waals surface area contributed by atoms with Crippen molar-refractivity contribution in [3.05, 3.63) is 24.2 Å². The number of hydrogen-bond acceptors (Lipinski definition) is 2. The fraction of sp³-hybridized carbons (Fsp3) is 0.636. The summed E-state index contributed by atoms with van der Waals surface area (Å²) >= 11 is 0. The van der Waals surface area contributed by atoms with Crippen LogP contribution in [-0.4, -0.2) is 11.7 Å². The van der Waals surface area contributed by atoms with Crippen molar-refractivity contribution >= 4 is 0 Å². The molecule has 72 valence electrons. The maximum absolute atomic E-state index is 9.36. The summed E-state index contributed by atoms with van der Waals surface area (Å²) in [5, 5.41) is 9.36. The Bertz CT molecular complexity index is 262. The van der Waals surface area contributed by atoms with Gasteiger partial charge in [-0.3, -0.25) is 0 Å². The van der Waals surface area contributed by atoms with Crippen LogP contribution in [-0.2, 0) is 6.42 Å². The van der Waals surface area contributed by atoms with Crippen LogP contribution in [0.2, 0.25) is 0 Å². The minimum Gasteiger partial charge on any atom is -0.472 e. The molecule has 1 unspecified atom stereocenters. The van der Waals surface area contributed by atoms with Gasteiger partial charge in [0, 0.05) is 6.61 Å². The molecule has 1 fully saturated rings. The number of rotatable bonds is 4. The van der Waals surface area contributed by atoms with E-state index < -0.39 is 0 Å². The molecule has 1 aliphatic rings. The van der Waals surface area contributed by atoms with Gasteiger partial charge < -0.3 is 9.52 Å². The largest absolute Gasteiger partial charge is 0.472 e. The molecular weight excluding hydrogens is 164 g/mol. The SMILES string of the molecule is CC(CO)(Cc1ccoc1)C1CC1. The highest BCUT2D eigenvalue weighted by Crippen LogP contribution is 2.47. The third kappa shape index (κ3) is 1.78. The number of hydrogen-bond donors (Lipinski definition) is 1. The van der Waals surface area contributed by atoms with Crippen LogP contribution in [0.15, 0.2) is 23.0 Å². The zero-order valence-electron chi connectivity index (χ0n) is 7.99. The van der Waals surface area contributed by atoms with Crippen LogP contribution in [0, 0.1) is 11.3 Å². The molecule has 1 aromatic heterocycles. The first-order valence-corrected chi connectivity index (χ1v) is 4.86. The van der Waals surface area contributed by atoms with E-state index in [1.54, 1.807) is 12.5 Å². The normalized spacial score (nSPS) is 21.4. The minimum atomic E-state index is 0.0733. The highest BCUT2D eigenvalue weighted by atomic mass is 16.3. The molecule has 1 saturated carbocycles. The standard InChI is InChI=1S/C11H16O2/c1-11(8-12,10-2-3-10)6-9-4-5-13-7-9/h4-5,7,10,12H,2-3,6,8H2,1H3. The summed E-state index contributed by atoms with van der Waals surface area (Å²) in [5.41, 5.74) is 1.27. The number of aliphatic hydroxyl groups is 1. The Labute approximate surface area is 78.6 Å². The Morgan fingerprint density at radius 2 is 2.38 bits per heavy atom. The van der Waals surface area contributed by atoms with Gasteiger partial charge in [-0.1, -0.05) is 6.92 Å². The van der Waals surface area contributed by atoms with Gasteiger partial charge in [-0.25, -0.2) is 0 Å². The van der Waals surface area contributed by atoms with E-state index >= 15 is 0 Å². The molecule has 1 aliphatic carbocycles. The second-order valence-corrected chi connectivity index (χ2v) is 4.39. The molecule has 2 rings (SSSR count). The smallest absolute Gasteiger partial charge is 0.0934 e. The molecule has 0 aliphatic heterocycles. The summed E-state index contributed by atoms with van der Waals surface area (Å²) in [7, 11) is 0. The van der Waals surface area contributed by atoms with E-state index in [0.29, 0.717) is 5.92 Å². The Kier molecular flexibility index (Phi) is 2.16. The maximum atomic E-state index is 9.36. The molecule has 0 saturated heterocycles. The fourth-order valence-corrected chi connectivity index (χ4v) is 1.97. The van der Waals surface area contributed by atoms with Crippen molar-refractivity contribution in [3.63, 3.8) is 0 Å². The molecule has 1 heterocycles. The van der Waals surface area contributed by atoms with E-state index in [1.807, 2.05) is 6.07 Å². The molecule has 0 amide bonds. The average Bonchev–Trinajstić information content (AvgIpc) is 2.88. The first-order valence-electron chi connectivity index (χ1n) is 4.86. The molecule has 1 atom stereocenters. The predicted octanol–water partition coefficient (Wildman–Crippen LogP) is 2.23. The highest BCUT2D eigenvalue weighted by molar-refractivity contribution is 5.10. The van der Waals surface area contributed by atoms with Crippen molar-refractivity contribution in [1.82, 2.24) is 0 Å². The van der Waals surface area contributed by atoms with Crippen molar-refractivity contribution in [2.45, 2.75) is 26.2 Å². The zero-order valence-corrected chi connectivity index (χ0v) is 7.99. The average molecular weight is 180 g/mol. The summed E-state index contributed by atoms with van der Waals surface area (Å²) in [5.74, 6) is 0.715. The van der Waals surface area contributed by atoms with Gasteiger partial charge in [0.05, 0.1) is 12.5 Å². The third-order valence-electron chi connectivity index (χ3n) is 3.11. The van der Waals surface area contributed by atoms with Crippen LogP contribution in [0.1, 0.15) is 25.3 Å². The quantitative estimate of drug-likeness (QED) is 0.770. The van der Waals surface area contributed by atoms with Gasteiger partial charge in [0.1, 0.15) is 0 Å². The molecule has 0 spiro atoms. The van der Waals surface area contributed by atoms with E-state index in [0.717, 1.165) is 6.42 Å². The van der Waals surface area contributed by atoms with Crippen LogP contribution >= 0.6 is 0 Å². The molecule has 0 bridgehead atoms. The van der Waals surface area contributed by atoms with E-state index in [2.05, 4.69) is 6.92 Å². The van der Waals surface area contributed by atoms with Crippen molar-refractivity contribution in [3.8, 4) is 0 Å². The molecule has 2 heteroatoms. The predicted molar refractivity (Wildman–Crippen MR) is 50.3 cm³/mol. The second kappa shape index (κ2) is 3.18. The lowest BCUT2D eigenvalue weighted by atomic mass is 9.80. The Morgan fingerprint density at radius 1 is 1.62 bits per heavy atom. The first kappa shape index (κ1) is 8.82. The zero-order chi connectivity index (χ0) is 9.31. The molecule has 13 heavy (non-hydrogen) atoms. The summed E-state index contributed by atoms with van der Waals surface area (Å²) in [4.78, 5) is 0. The molecule has 1 aromatic rings. The fourth-order valence-electron chi connectivity index (χ4n) is 1.97. The minimum absolute atomic E-state index is 0.0733. The summed E-state index contributed by atoms with van der Waals surface area (Å²) in [6.45, 7) is 2.44. The summed E-state index contributed by atoms with van der Waals surface area (Å²) < 4.78 is 5.02. The van der Waals surface area contributed by atoms with Gasteiger partial charge in [-0.15, -0.1) is 0 Å². The first-order chi connectivity index (χ1) is 6.24. The van der Waals surface area contributed by atoms with E-state index in [4.69, 9.17) is 4.42 Å². The second-order valence-electron chi connectivity index (χ2n) is 4.39. The van der Waals surface area contributed by atoms with Gasteiger partial charge in [0.15, 0.2) is 0 Å². The van der Waals surface area contributed by atoms with Crippen molar-refractivity contribution in [2.24, 2.45) is 11.3 Å². The van der Waals surface area contributed by atoms with Gasteiger partial charge >= 0.3 is 0 Å². The van der Waals surface area contributed by atoms with Gasteiger partial charge in [0.25, 0.3) is 0 Å². The number of furan rings is 1. The third-order valence-corrected chi connectivity index (χ3v) is 3.11. The van der Waals surface area contributed by atoms with Gasteiger partial charge in [0.2, 0.25) is 0 Å². The lowest BCUT2D eigenvalue weighted by molar-refractivity contribution is 0.119. The lowest BCUT2D eigenvalue weighted by Crippen LogP contribution is -2.26. The highest BCUT2D eigenvalue weighted by Gasteiger charge is 2.40. The van der Waals surface area contributed by atoms with Gasteiger partial charge in [-0.05, 0) is 42.2 Å². The Hall–Kier alpha value is -0.760. The molecule has 0 radical (unpaired) electrons. The lowest BCUT2D eigenvalue weighted by Gasteiger charge is -2.26. The van der Waals surface area contributed by atoms with Crippen LogP contribution < -0.4 is 0 Å². The molecule has 0 aromatic carbocycles. The van der Waals surface area contributed by atoms with E-state index in [1.165, 1.54) is 18.4 Å². The maximum Gasteiger partial charge on any atom is 0.0934 e. The van der Waals surface area contributed by atoms with Crippen LogP contribution in [0.25, 0.3) is 0 Å². The molecule has 2 nitrogen and oxygen atoms in total.